The molecule has 0 bridgehead atoms. The van der Waals surface area contributed by atoms with Gasteiger partial charge in [0.25, 0.3) is 5.69 Å². The molecule has 26 heavy (non-hydrogen) atoms. The van der Waals surface area contributed by atoms with Crippen LogP contribution in [0.5, 0.6) is 5.75 Å². The van der Waals surface area contributed by atoms with E-state index < -0.39 is 28.9 Å². The number of non-ortho nitro benzene ring substituents is 1. The van der Waals surface area contributed by atoms with Crippen molar-refractivity contribution >= 4 is 17.6 Å². The number of carbonyl (C=O) groups excluding carboxylic acids is 2. The molecule has 2 atom stereocenters. The number of esters is 1. The molecule has 0 radical (unpaired) electrons. The normalized spacial score (nSPS) is 13.0. The Bertz CT molecular complexity index is 661. The van der Waals surface area contributed by atoms with Crippen molar-refractivity contribution in [1.82, 2.24) is 5.32 Å². The van der Waals surface area contributed by atoms with Gasteiger partial charge in [-0.2, -0.15) is 0 Å². The summed E-state index contributed by atoms with van der Waals surface area (Å²) >= 11 is 0. The summed E-state index contributed by atoms with van der Waals surface area (Å²) in [6.45, 7) is 3.70. The van der Waals surface area contributed by atoms with Gasteiger partial charge in [0.1, 0.15) is 17.9 Å². The maximum Gasteiger partial charge on any atom is 0.328 e. The van der Waals surface area contributed by atoms with Gasteiger partial charge in [-0.05, 0) is 18.4 Å². The van der Waals surface area contributed by atoms with Crippen molar-refractivity contribution in [2.75, 3.05) is 14.2 Å². The lowest BCUT2D eigenvalue weighted by Crippen LogP contribution is -2.47. The number of nitro benzene ring substituents is 1. The molecule has 2 N–H and O–H groups in total. The van der Waals surface area contributed by atoms with Crippen molar-refractivity contribution in [3.05, 3.63) is 33.9 Å². The maximum absolute atomic E-state index is 12.1. The summed E-state index contributed by atoms with van der Waals surface area (Å²) in [4.78, 5) is 34.5. The first kappa shape index (κ1) is 21.4. The molecule has 0 saturated heterocycles. The van der Waals surface area contributed by atoms with Crippen LogP contribution >= 0.6 is 0 Å². The van der Waals surface area contributed by atoms with Crippen LogP contribution in [0.25, 0.3) is 0 Å². The SMILES string of the molecule is COC(=O)[C@H](Cc1cc([N+](=O)[O-])ccc1OC)NC(=O)[C@H](O)CC(C)C. The Hall–Kier alpha value is -2.68. The molecule has 1 amide bonds. The molecule has 0 saturated carbocycles. The third-order valence-electron chi connectivity index (χ3n) is 3.70. The number of ether oxygens (including phenoxy) is 2. The van der Waals surface area contributed by atoms with E-state index in [1.165, 1.54) is 25.3 Å². The number of amides is 1. The second-order valence-electron chi connectivity index (χ2n) is 6.19. The van der Waals surface area contributed by atoms with Gasteiger partial charge in [-0.1, -0.05) is 13.8 Å². The molecule has 0 heterocycles. The lowest BCUT2D eigenvalue weighted by Gasteiger charge is -2.20. The number of rotatable bonds is 9. The van der Waals surface area contributed by atoms with E-state index in [9.17, 15) is 24.8 Å². The summed E-state index contributed by atoms with van der Waals surface area (Å²) in [5.41, 5.74) is 0.186. The van der Waals surface area contributed by atoms with Crippen LogP contribution in [0.3, 0.4) is 0 Å². The molecule has 0 spiro atoms. The van der Waals surface area contributed by atoms with Crippen LogP contribution in [0.4, 0.5) is 5.69 Å². The Balaban J connectivity index is 3.05. The highest BCUT2D eigenvalue weighted by Gasteiger charge is 2.27. The van der Waals surface area contributed by atoms with E-state index in [-0.39, 0.29) is 24.4 Å². The molecule has 0 unspecified atom stereocenters. The van der Waals surface area contributed by atoms with Crippen molar-refractivity contribution in [2.45, 2.75) is 38.8 Å². The predicted octanol–water partition coefficient (Wildman–Crippen LogP) is 1.21. The molecule has 144 valence electrons. The third kappa shape index (κ3) is 5.99. The monoisotopic (exact) mass is 368 g/mol. The lowest BCUT2D eigenvalue weighted by molar-refractivity contribution is -0.384. The quantitative estimate of drug-likeness (QED) is 0.381. The first-order valence-corrected chi connectivity index (χ1v) is 8.07. The molecular formula is C17H24N2O7. The molecule has 1 aromatic carbocycles. The minimum atomic E-state index is -1.27. The summed E-state index contributed by atoms with van der Waals surface area (Å²) in [5.74, 6) is -1.02. The second kappa shape index (κ2) is 9.71. The van der Waals surface area contributed by atoms with Crippen LogP contribution in [-0.4, -0.2) is 48.3 Å². The number of methoxy groups -OCH3 is 2. The van der Waals surface area contributed by atoms with Gasteiger partial charge in [0.05, 0.1) is 19.1 Å². The standard InChI is InChI=1S/C17H24N2O7/c1-10(2)7-14(20)16(21)18-13(17(22)26-4)9-11-8-12(19(23)24)5-6-15(11)25-3/h5-6,8,10,13-14,20H,7,9H2,1-4H3,(H,18,21)/t13-,14+/m0/s1. The lowest BCUT2D eigenvalue weighted by atomic mass is 10.0. The Morgan fingerprint density at radius 1 is 1.31 bits per heavy atom. The number of hydrogen-bond acceptors (Lipinski definition) is 7. The number of aliphatic hydroxyl groups is 1. The summed E-state index contributed by atoms with van der Waals surface area (Å²) in [6.07, 6.45) is -1.12. The third-order valence-corrected chi connectivity index (χ3v) is 3.70. The smallest absolute Gasteiger partial charge is 0.328 e. The predicted molar refractivity (Wildman–Crippen MR) is 92.8 cm³/mol. The first-order valence-electron chi connectivity index (χ1n) is 8.07. The Kier molecular flexibility index (Phi) is 7.98. The molecule has 9 nitrogen and oxygen atoms in total. The van der Waals surface area contributed by atoms with Crippen LogP contribution < -0.4 is 10.1 Å². The number of nitrogens with zero attached hydrogens (tertiary/aromatic N) is 1. The van der Waals surface area contributed by atoms with Crippen molar-refractivity contribution in [1.29, 1.82) is 0 Å². The van der Waals surface area contributed by atoms with Crippen molar-refractivity contribution in [3.8, 4) is 5.75 Å². The molecule has 0 aromatic heterocycles. The number of nitro groups is 1. The molecule has 1 aromatic rings. The fourth-order valence-corrected chi connectivity index (χ4v) is 2.42. The van der Waals surface area contributed by atoms with Crippen LogP contribution in [0, 0.1) is 16.0 Å². The van der Waals surface area contributed by atoms with Crippen molar-refractivity contribution in [3.63, 3.8) is 0 Å². The first-order chi connectivity index (χ1) is 12.2. The molecule has 1 rings (SSSR count). The largest absolute Gasteiger partial charge is 0.496 e. The zero-order chi connectivity index (χ0) is 19.9. The molecule has 0 fully saturated rings. The van der Waals surface area contributed by atoms with E-state index in [2.05, 4.69) is 10.1 Å². The van der Waals surface area contributed by atoms with Gasteiger partial charge in [-0.3, -0.25) is 14.9 Å². The highest BCUT2D eigenvalue weighted by molar-refractivity contribution is 5.87. The molecular weight excluding hydrogens is 344 g/mol. The van der Waals surface area contributed by atoms with E-state index in [1.807, 2.05) is 13.8 Å². The van der Waals surface area contributed by atoms with Gasteiger partial charge >= 0.3 is 5.97 Å². The van der Waals surface area contributed by atoms with Gasteiger partial charge in [0.2, 0.25) is 5.91 Å². The van der Waals surface area contributed by atoms with E-state index in [1.54, 1.807) is 0 Å². The highest BCUT2D eigenvalue weighted by atomic mass is 16.6. The number of nitrogens with one attached hydrogen (secondary N) is 1. The number of carbonyl (C=O) groups is 2. The van der Waals surface area contributed by atoms with Gasteiger partial charge in [-0.15, -0.1) is 0 Å². The fourth-order valence-electron chi connectivity index (χ4n) is 2.42. The second-order valence-corrected chi connectivity index (χ2v) is 6.19. The number of aliphatic hydroxyl groups excluding tert-OH is 1. The minimum Gasteiger partial charge on any atom is -0.496 e. The van der Waals surface area contributed by atoms with Crippen molar-refractivity contribution in [2.24, 2.45) is 5.92 Å². The number of hydrogen-bond donors (Lipinski definition) is 2. The maximum atomic E-state index is 12.1. The Morgan fingerprint density at radius 3 is 2.46 bits per heavy atom. The zero-order valence-corrected chi connectivity index (χ0v) is 15.2. The average molecular weight is 368 g/mol. The molecule has 0 aliphatic carbocycles. The van der Waals surface area contributed by atoms with E-state index in [4.69, 9.17) is 4.74 Å². The number of benzene rings is 1. The Labute approximate surface area is 151 Å². The molecule has 9 heteroatoms. The van der Waals surface area contributed by atoms with Gasteiger partial charge < -0.3 is 19.9 Å². The molecule has 0 aliphatic heterocycles. The summed E-state index contributed by atoms with van der Waals surface area (Å²) in [7, 11) is 2.56. The Morgan fingerprint density at radius 2 is 1.96 bits per heavy atom. The minimum absolute atomic E-state index is 0.0856. The van der Waals surface area contributed by atoms with Gasteiger partial charge in [0.15, 0.2) is 0 Å². The fraction of sp³-hybridized carbons (Fsp3) is 0.529. The summed E-state index contributed by atoms with van der Waals surface area (Å²) < 4.78 is 9.85. The van der Waals surface area contributed by atoms with Crippen molar-refractivity contribution < 1.29 is 29.1 Å². The van der Waals surface area contributed by atoms with Gasteiger partial charge in [0, 0.05) is 24.1 Å². The van der Waals surface area contributed by atoms with Crippen LogP contribution in [-0.2, 0) is 20.7 Å². The van der Waals surface area contributed by atoms with E-state index in [0.717, 1.165) is 7.11 Å². The molecule has 0 aliphatic rings. The average Bonchev–Trinajstić information content (AvgIpc) is 2.59. The zero-order valence-electron chi connectivity index (χ0n) is 15.2. The van der Waals surface area contributed by atoms with E-state index >= 15 is 0 Å². The topological polar surface area (TPSA) is 128 Å². The van der Waals surface area contributed by atoms with Crippen LogP contribution in [0.15, 0.2) is 18.2 Å². The van der Waals surface area contributed by atoms with Gasteiger partial charge in [-0.25, -0.2) is 4.79 Å². The van der Waals surface area contributed by atoms with Crippen LogP contribution in [0.2, 0.25) is 0 Å². The summed E-state index contributed by atoms with van der Waals surface area (Å²) in [6, 6.07) is 2.84. The van der Waals surface area contributed by atoms with E-state index in [0.29, 0.717) is 11.3 Å². The summed E-state index contributed by atoms with van der Waals surface area (Å²) in [5, 5.41) is 23.3. The van der Waals surface area contributed by atoms with Crippen LogP contribution in [0.1, 0.15) is 25.8 Å². The highest BCUT2D eigenvalue weighted by Crippen LogP contribution is 2.25.